The van der Waals surface area contributed by atoms with Crippen molar-refractivity contribution < 1.29 is 17.9 Å². The summed E-state index contributed by atoms with van der Waals surface area (Å²) in [7, 11) is -3.94. The monoisotopic (exact) mass is 493 g/mol. The van der Waals surface area contributed by atoms with Crippen LogP contribution in [-0.2, 0) is 16.6 Å². The van der Waals surface area contributed by atoms with Gasteiger partial charge in [0.2, 0.25) is 10.0 Å². The molecule has 3 aromatic carbocycles. The lowest BCUT2D eigenvalue weighted by Crippen LogP contribution is -2.24. The van der Waals surface area contributed by atoms with E-state index in [4.69, 9.17) is 16.3 Å². The fourth-order valence-corrected chi connectivity index (χ4v) is 4.60. The van der Waals surface area contributed by atoms with Gasteiger partial charge in [-0.15, -0.1) is 0 Å². The molecular formula is C25H20ClN3O4S. The molecule has 0 fully saturated rings. The van der Waals surface area contributed by atoms with Gasteiger partial charge in [-0.3, -0.25) is 9.78 Å². The van der Waals surface area contributed by atoms with Gasteiger partial charge in [-0.25, -0.2) is 13.1 Å². The number of nitrogens with zero attached hydrogens (tertiary/aromatic N) is 1. The topological polar surface area (TPSA) is 97.4 Å². The summed E-state index contributed by atoms with van der Waals surface area (Å²) >= 11 is 6.14. The summed E-state index contributed by atoms with van der Waals surface area (Å²) < 4.78 is 33.8. The third-order valence-corrected chi connectivity index (χ3v) is 6.67. The minimum atomic E-state index is -3.94. The van der Waals surface area contributed by atoms with Crippen LogP contribution in [0.15, 0.2) is 102 Å². The van der Waals surface area contributed by atoms with E-state index in [1.165, 1.54) is 18.2 Å². The lowest BCUT2D eigenvalue weighted by atomic mass is 10.2. The Labute approximate surface area is 202 Å². The van der Waals surface area contributed by atoms with Gasteiger partial charge < -0.3 is 10.1 Å². The van der Waals surface area contributed by atoms with Crippen LogP contribution in [0.2, 0.25) is 5.02 Å². The van der Waals surface area contributed by atoms with Crippen LogP contribution in [0, 0.1) is 0 Å². The molecule has 0 spiro atoms. The van der Waals surface area contributed by atoms with Gasteiger partial charge in [0, 0.05) is 30.2 Å². The largest absolute Gasteiger partial charge is 0.457 e. The second-order valence-electron chi connectivity index (χ2n) is 7.22. The van der Waals surface area contributed by atoms with E-state index in [-0.39, 0.29) is 22.0 Å². The zero-order valence-electron chi connectivity index (χ0n) is 17.8. The zero-order chi connectivity index (χ0) is 24.0. The molecule has 1 heterocycles. The number of hydrogen-bond acceptors (Lipinski definition) is 5. The Hall–Kier alpha value is -3.72. The first-order valence-corrected chi connectivity index (χ1v) is 12.1. The predicted octanol–water partition coefficient (Wildman–Crippen LogP) is 5.26. The number of nitrogens with one attached hydrogen (secondary N) is 2. The Morgan fingerprint density at radius 1 is 0.882 bits per heavy atom. The molecule has 0 unspecified atom stereocenters. The van der Waals surface area contributed by atoms with Crippen LogP contribution in [0.3, 0.4) is 0 Å². The van der Waals surface area contributed by atoms with Crippen molar-refractivity contribution in [3.05, 3.63) is 113 Å². The maximum atomic E-state index is 12.8. The standard InChI is InChI=1S/C25H20ClN3O4S/c26-23-11-6-19(16-24(23)34(31,32)28-17-18-4-2-1-3-5-18)25(30)29-20-7-9-21(10-8-20)33-22-12-14-27-15-13-22/h1-16,28H,17H2,(H,29,30). The highest BCUT2D eigenvalue weighted by Gasteiger charge is 2.20. The van der Waals surface area contributed by atoms with E-state index >= 15 is 0 Å². The van der Waals surface area contributed by atoms with Crippen molar-refractivity contribution in [3.8, 4) is 11.5 Å². The van der Waals surface area contributed by atoms with Gasteiger partial charge in [-0.2, -0.15) is 0 Å². The highest BCUT2D eigenvalue weighted by molar-refractivity contribution is 7.89. The van der Waals surface area contributed by atoms with E-state index in [0.29, 0.717) is 17.2 Å². The first kappa shape index (κ1) is 23.4. The highest BCUT2D eigenvalue weighted by Crippen LogP contribution is 2.25. The van der Waals surface area contributed by atoms with Crippen molar-refractivity contribution in [2.75, 3.05) is 5.32 Å². The molecule has 0 saturated heterocycles. The van der Waals surface area contributed by atoms with Crippen LogP contribution in [-0.4, -0.2) is 19.3 Å². The minimum Gasteiger partial charge on any atom is -0.457 e. The van der Waals surface area contributed by atoms with E-state index in [1.54, 1.807) is 60.9 Å². The minimum absolute atomic E-state index is 0.0229. The molecule has 0 bridgehead atoms. The van der Waals surface area contributed by atoms with Crippen molar-refractivity contribution >= 4 is 33.2 Å². The van der Waals surface area contributed by atoms with Gasteiger partial charge in [0.1, 0.15) is 16.4 Å². The average Bonchev–Trinajstić information content (AvgIpc) is 2.85. The number of carbonyl (C=O) groups is 1. The van der Waals surface area contributed by atoms with Crippen LogP contribution in [0.1, 0.15) is 15.9 Å². The number of halogens is 1. The molecule has 1 aromatic heterocycles. The number of aromatic nitrogens is 1. The van der Waals surface area contributed by atoms with Gasteiger partial charge in [0.25, 0.3) is 5.91 Å². The Morgan fingerprint density at radius 2 is 1.56 bits per heavy atom. The summed E-state index contributed by atoms with van der Waals surface area (Å²) in [5.41, 5.74) is 1.47. The van der Waals surface area contributed by atoms with E-state index < -0.39 is 15.9 Å². The van der Waals surface area contributed by atoms with Crippen molar-refractivity contribution in [1.29, 1.82) is 0 Å². The Bertz CT molecular complexity index is 1380. The quantitative estimate of drug-likeness (QED) is 0.349. The van der Waals surface area contributed by atoms with E-state index in [2.05, 4.69) is 15.0 Å². The van der Waals surface area contributed by atoms with Crippen LogP contribution < -0.4 is 14.8 Å². The smallest absolute Gasteiger partial charge is 0.255 e. The molecule has 0 aliphatic carbocycles. The lowest BCUT2D eigenvalue weighted by Gasteiger charge is -2.11. The number of carbonyl (C=O) groups excluding carboxylic acids is 1. The molecule has 4 aromatic rings. The summed E-state index contributed by atoms with van der Waals surface area (Å²) in [5, 5.41) is 2.77. The van der Waals surface area contributed by atoms with Crippen LogP contribution in [0.4, 0.5) is 5.69 Å². The Kier molecular flexibility index (Phi) is 7.22. The van der Waals surface area contributed by atoms with Crippen LogP contribution >= 0.6 is 11.6 Å². The molecule has 9 heteroatoms. The molecule has 172 valence electrons. The molecule has 0 saturated carbocycles. The van der Waals surface area contributed by atoms with Crippen molar-refractivity contribution in [3.63, 3.8) is 0 Å². The molecule has 0 atom stereocenters. The third kappa shape index (κ3) is 5.99. The summed E-state index contributed by atoms with van der Waals surface area (Å²) in [4.78, 5) is 16.5. The second kappa shape index (κ2) is 10.5. The summed E-state index contributed by atoms with van der Waals surface area (Å²) in [5.74, 6) is 0.759. The zero-order valence-corrected chi connectivity index (χ0v) is 19.4. The van der Waals surface area contributed by atoms with Crippen LogP contribution in [0.25, 0.3) is 0 Å². The number of anilines is 1. The number of benzene rings is 3. The fourth-order valence-electron chi connectivity index (χ4n) is 3.05. The third-order valence-electron chi connectivity index (χ3n) is 4.79. The van der Waals surface area contributed by atoms with Gasteiger partial charge in [-0.05, 0) is 60.2 Å². The molecule has 0 aliphatic heterocycles. The first-order chi connectivity index (χ1) is 16.4. The Balaban J connectivity index is 1.45. The van der Waals surface area contributed by atoms with Crippen molar-refractivity contribution in [2.24, 2.45) is 0 Å². The van der Waals surface area contributed by atoms with E-state index in [1.807, 2.05) is 18.2 Å². The Morgan fingerprint density at radius 3 is 2.26 bits per heavy atom. The van der Waals surface area contributed by atoms with Crippen molar-refractivity contribution in [1.82, 2.24) is 9.71 Å². The van der Waals surface area contributed by atoms with Gasteiger partial charge >= 0.3 is 0 Å². The molecule has 0 radical (unpaired) electrons. The summed E-state index contributed by atoms with van der Waals surface area (Å²) in [6, 6.07) is 23.5. The molecule has 2 N–H and O–H groups in total. The van der Waals surface area contributed by atoms with Crippen LogP contribution in [0.5, 0.6) is 11.5 Å². The van der Waals surface area contributed by atoms with Gasteiger partial charge in [0.15, 0.2) is 0 Å². The van der Waals surface area contributed by atoms with Crippen molar-refractivity contribution in [2.45, 2.75) is 11.4 Å². The molecule has 1 amide bonds. The van der Waals surface area contributed by atoms with Gasteiger partial charge in [-0.1, -0.05) is 41.9 Å². The normalized spacial score (nSPS) is 11.1. The predicted molar refractivity (Wildman–Crippen MR) is 131 cm³/mol. The summed E-state index contributed by atoms with van der Waals surface area (Å²) in [6.45, 7) is 0.101. The molecule has 0 aliphatic rings. The number of sulfonamides is 1. The highest BCUT2D eigenvalue weighted by atomic mass is 35.5. The number of rotatable bonds is 8. The molecule has 7 nitrogen and oxygen atoms in total. The first-order valence-electron chi connectivity index (χ1n) is 10.2. The SMILES string of the molecule is O=C(Nc1ccc(Oc2ccncc2)cc1)c1ccc(Cl)c(S(=O)(=O)NCc2ccccc2)c1. The average molecular weight is 494 g/mol. The number of hydrogen-bond donors (Lipinski definition) is 2. The second-order valence-corrected chi connectivity index (χ2v) is 9.36. The number of amides is 1. The molecule has 4 rings (SSSR count). The number of ether oxygens (including phenoxy) is 1. The maximum absolute atomic E-state index is 12.8. The maximum Gasteiger partial charge on any atom is 0.255 e. The number of pyridine rings is 1. The van der Waals surface area contributed by atoms with E-state index in [0.717, 1.165) is 5.56 Å². The fraction of sp³-hybridized carbons (Fsp3) is 0.0400. The molecular weight excluding hydrogens is 474 g/mol. The van der Waals surface area contributed by atoms with Gasteiger partial charge in [0.05, 0.1) is 5.02 Å². The molecule has 34 heavy (non-hydrogen) atoms. The van der Waals surface area contributed by atoms with E-state index in [9.17, 15) is 13.2 Å². The summed E-state index contributed by atoms with van der Waals surface area (Å²) in [6.07, 6.45) is 3.25. The lowest BCUT2D eigenvalue weighted by molar-refractivity contribution is 0.102.